The lowest BCUT2D eigenvalue weighted by atomic mass is 9.96. The van der Waals surface area contributed by atoms with E-state index >= 15 is 0 Å². The number of aliphatic hydroxyl groups excluding tert-OH is 2. The van der Waals surface area contributed by atoms with Crippen molar-refractivity contribution in [3.05, 3.63) is 0 Å². The van der Waals surface area contributed by atoms with Crippen molar-refractivity contribution in [3.63, 3.8) is 0 Å². The lowest BCUT2D eigenvalue weighted by Gasteiger charge is -2.39. The molecule has 0 aromatic rings. The quantitative estimate of drug-likeness (QED) is 0.806. The van der Waals surface area contributed by atoms with Crippen molar-refractivity contribution in [1.29, 1.82) is 0 Å². The molecule has 1 rings (SSSR count). The van der Waals surface area contributed by atoms with Crippen LogP contribution in [0.3, 0.4) is 0 Å². The minimum Gasteiger partial charge on any atom is -0.444 e. The van der Waals surface area contributed by atoms with E-state index in [4.69, 9.17) is 9.84 Å². The molecule has 5 heteroatoms. The van der Waals surface area contributed by atoms with Crippen molar-refractivity contribution in [1.82, 2.24) is 4.90 Å². The summed E-state index contributed by atoms with van der Waals surface area (Å²) in [5, 5.41) is 18.9. The molecule has 18 heavy (non-hydrogen) atoms. The first-order chi connectivity index (χ1) is 8.35. The standard InChI is InChI=1S/C13H25NO4/c1-13(2,3)18-12(17)14-8-5-4-6-10(14)11(16)7-9-15/h10-11,15-16H,4-9H2,1-3H3/t10-,11+/m0/s1. The molecular weight excluding hydrogens is 234 g/mol. The number of hydrogen-bond donors (Lipinski definition) is 2. The largest absolute Gasteiger partial charge is 0.444 e. The fraction of sp³-hybridized carbons (Fsp3) is 0.923. The number of aliphatic hydroxyl groups is 2. The Labute approximate surface area is 109 Å². The van der Waals surface area contributed by atoms with Gasteiger partial charge in [0.05, 0.1) is 12.1 Å². The van der Waals surface area contributed by atoms with Gasteiger partial charge in [-0.05, 0) is 46.5 Å². The fourth-order valence-electron chi connectivity index (χ4n) is 2.23. The number of nitrogens with zero attached hydrogens (tertiary/aromatic N) is 1. The first kappa shape index (κ1) is 15.2. The average Bonchev–Trinajstić information content (AvgIpc) is 2.27. The maximum atomic E-state index is 12.1. The van der Waals surface area contributed by atoms with E-state index < -0.39 is 11.7 Å². The molecule has 1 heterocycles. The number of piperidine rings is 1. The Balaban J connectivity index is 2.67. The van der Waals surface area contributed by atoms with Crippen molar-refractivity contribution >= 4 is 6.09 Å². The van der Waals surface area contributed by atoms with E-state index in [1.807, 2.05) is 20.8 Å². The molecule has 1 saturated heterocycles. The summed E-state index contributed by atoms with van der Waals surface area (Å²) in [4.78, 5) is 13.7. The average molecular weight is 259 g/mol. The van der Waals surface area contributed by atoms with Crippen LogP contribution >= 0.6 is 0 Å². The summed E-state index contributed by atoms with van der Waals surface area (Å²) in [6.07, 6.45) is 1.94. The monoisotopic (exact) mass is 259 g/mol. The fourth-order valence-corrected chi connectivity index (χ4v) is 2.23. The first-order valence-electron chi connectivity index (χ1n) is 6.63. The van der Waals surface area contributed by atoms with Gasteiger partial charge in [-0.3, -0.25) is 0 Å². The Bertz CT molecular complexity index is 275. The summed E-state index contributed by atoms with van der Waals surface area (Å²) in [7, 11) is 0. The Morgan fingerprint density at radius 1 is 1.44 bits per heavy atom. The number of ether oxygens (including phenoxy) is 1. The molecule has 1 amide bonds. The van der Waals surface area contributed by atoms with Gasteiger partial charge >= 0.3 is 6.09 Å². The van der Waals surface area contributed by atoms with Crippen LogP contribution in [0.5, 0.6) is 0 Å². The second-order valence-electron chi connectivity index (χ2n) is 5.82. The van der Waals surface area contributed by atoms with E-state index in [2.05, 4.69) is 0 Å². The number of hydrogen-bond acceptors (Lipinski definition) is 4. The van der Waals surface area contributed by atoms with E-state index in [1.165, 1.54) is 0 Å². The van der Waals surface area contributed by atoms with Crippen molar-refractivity contribution in [2.75, 3.05) is 13.2 Å². The zero-order valence-corrected chi connectivity index (χ0v) is 11.6. The molecule has 106 valence electrons. The Hall–Kier alpha value is -0.810. The topological polar surface area (TPSA) is 70.0 Å². The van der Waals surface area contributed by atoms with Gasteiger partial charge in [-0.25, -0.2) is 4.79 Å². The molecule has 0 unspecified atom stereocenters. The van der Waals surface area contributed by atoms with Gasteiger partial charge < -0.3 is 19.8 Å². The third-order valence-corrected chi connectivity index (χ3v) is 3.05. The van der Waals surface area contributed by atoms with Gasteiger partial charge in [-0.2, -0.15) is 0 Å². The SMILES string of the molecule is CC(C)(C)OC(=O)N1CCCC[C@H]1[C@H](O)CCO. The first-order valence-corrected chi connectivity index (χ1v) is 6.63. The molecule has 0 bridgehead atoms. The number of likely N-dealkylation sites (tertiary alicyclic amines) is 1. The Kier molecular flexibility index (Phi) is 5.41. The van der Waals surface area contributed by atoms with Gasteiger partial charge in [0.15, 0.2) is 0 Å². The smallest absolute Gasteiger partial charge is 0.410 e. The molecule has 1 aliphatic rings. The summed E-state index contributed by atoms with van der Waals surface area (Å²) in [6, 6.07) is -0.235. The van der Waals surface area contributed by atoms with Gasteiger partial charge in [0, 0.05) is 13.2 Å². The number of carbonyl (C=O) groups is 1. The summed E-state index contributed by atoms with van der Waals surface area (Å²) in [6.45, 7) is 6.03. The van der Waals surface area contributed by atoms with E-state index in [-0.39, 0.29) is 18.7 Å². The van der Waals surface area contributed by atoms with Crippen LogP contribution in [0.25, 0.3) is 0 Å². The highest BCUT2D eigenvalue weighted by Gasteiger charge is 2.34. The molecule has 0 radical (unpaired) electrons. The van der Waals surface area contributed by atoms with Crippen LogP contribution in [-0.2, 0) is 4.74 Å². The second kappa shape index (κ2) is 6.38. The van der Waals surface area contributed by atoms with Crippen molar-refractivity contribution < 1.29 is 19.7 Å². The molecule has 0 aromatic carbocycles. The molecule has 0 aromatic heterocycles. The normalized spacial score (nSPS) is 22.7. The molecule has 0 spiro atoms. The van der Waals surface area contributed by atoms with Gasteiger partial charge in [0.25, 0.3) is 0 Å². The van der Waals surface area contributed by atoms with E-state index in [9.17, 15) is 9.90 Å². The van der Waals surface area contributed by atoms with Crippen LogP contribution in [0.1, 0.15) is 46.5 Å². The highest BCUT2D eigenvalue weighted by Crippen LogP contribution is 2.23. The number of carbonyl (C=O) groups excluding carboxylic acids is 1. The minimum atomic E-state index is -0.678. The highest BCUT2D eigenvalue weighted by atomic mass is 16.6. The molecular formula is C13H25NO4. The number of rotatable bonds is 3. The predicted octanol–water partition coefficient (Wildman–Crippen LogP) is 1.52. The Morgan fingerprint density at radius 3 is 2.67 bits per heavy atom. The third-order valence-electron chi connectivity index (χ3n) is 3.05. The maximum absolute atomic E-state index is 12.1. The van der Waals surface area contributed by atoms with Crippen molar-refractivity contribution in [2.45, 2.75) is 64.2 Å². The molecule has 1 fully saturated rings. The third kappa shape index (κ3) is 4.46. The van der Waals surface area contributed by atoms with Gasteiger partial charge in [0.2, 0.25) is 0 Å². The molecule has 0 aliphatic carbocycles. The minimum absolute atomic E-state index is 0.0696. The Morgan fingerprint density at radius 2 is 2.11 bits per heavy atom. The van der Waals surface area contributed by atoms with Crippen LogP contribution < -0.4 is 0 Å². The van der Waals surface area contributed by atoms with Crippen LogP contribution in [0.15, 0.2) is 0 Å². The predicted molar refractivity (Wildman–Crippen MR) is 68.3 cm³/mol. The van der Waals surface area contributed by atoms with Crippen LogP contribution in [0, 0.1) is 0 Å². The van der Waals surface area contributed by atoms with Crippen LogP contribution in [0.4, 0.5) is 4.79 Å². The molecule has 1 aliphatic heterocycles. The maximum Gasteiger partial charge on any atom is 0.410 e. The van der Waals surface area contributed by atoms with Gasteiger partial charge in [0.1, 0.15) is 5.60 Å². The van der Waals surface area contributed by atoms with Crippen molar-refractivity contribution in [2.24, 2.45) is 0 Å². The van der Waals surface area contributed by atoms with E-state index in [0.29, 0.717) is 13.0 Å². The van der Waals surface area contributed by atoms with Gasteiger partial charge in [-0.1, -0.05) is 0 Å². The molecule has 5 nitrogen and oxygen atoms in total. The lowest BCUT2D eigenvalue weighted by Crippen LogP contribution is -2.51. The second-order valence-corrected chi connectivity index (χ2v) is 5.82. The summed E-state index contributed by atoms with van der Waals surface area (Å²) >= 11 is 0. The summed E-state index contributed by atoms with van der Waals surface area (Å²) in [5.41, 5.74) is -0.527. The number of amides is 1. The van der Waals surface area contributed by atoms with Crippen LogP contribution in [-0.4, -0.2) is 52.1 Å². The van der Waals surface area contributed by atoms with Crippen LogP contribution in [0.2, 0.25) is 0 Å². The lowest BCUT2D eigenvalue weighted by molar-refractivity contribution is -0.0210. The zero-order valence-electron chi connectivity index (χ0n) is 11.6. The summed E-state index contributed by atoms with van der Waals surface area (Å²) in [5.74, 6) is 0. The highest BCUT2D eigenvalue weighted by molar-refractivity contribution is 5.68. The summed E-state index contributed by atoms with van der Waals surface area (Å²) < 4.78 is 5.35. The van der Waals surface area contributed by atoms with E-state index in [0.717, 1.165) is 19.3 Å². The molecule has 2 atom stereocenters. The zero-order chi connectivity index (χ0) is 13.8. The molecule has 2 N–H and O–H groups in total. The molecule has 0 saturated carbocycles. The van der Waals surface area contributed by atoms with E-state index in [1.54, 1.807) is 4.90 Å². The van der Waals surface area contributed by atoms with Crippen molar-refractivity contribution in [3.8, 4) is 0 Å². The van der Waals surface area contributed by atoms with Gasteiger partial charge in [-0.15, -0.1) is 0 Å².